The second kappa shape index (κ2) is 5.45. The largest absolute Gasteiger partial charge is 0.633 e. The van der Waals surface area contributed by atoms with Crippen molar-refractivity contribution in [2.75, 3.05) is 32.8 Å². The molecule has 1 unspecified atom stereocenters. The monoisotopic (exact) mass is 179 g/mol. The molecule has 0 spiro atoms. The van der Waals surface area contributed by atoms with Gasteiger partial charge in [0, 0.05) is 0 Å². The Hall–Kier alpha value is -0.200. The van der Waals surface area contributed by atoms with E-state index < -0.39 is 10.8 Å². The van der Waals surface area contributed by atoms with Crippen LogP contribution < -0.4 is 0 Å². The molecule has 0 aromatic carbocycles. The molecule has 0 aliphatic carbocycles. The Morgan fingerprint density at radius 3 is 1.92 bits per heavy atom. The van der Waals surface area contributed by atoms with Crippen LogP contribution in [0.5, 0.6) is 0 Å². The maximum absolute atomic E-state index is 11.6. The van der Waals surface area contributed by atoms with E-state index in [1.165, 1.54) is 6.92 Å². The molecule has 0 amide bonds. The Kier molecular flexibility index (Phi) is 5.36. The van der Waals surface area contributed by atoms with Crippen LogP contribution in [-0.4, -0.2) is 58.9 Å². The highest BCUT2D eigenvalue weighted by Gasteiger charge is 2.17. The van der Waals surface area contributed by atoms with Gasteiger partial charge in [0.1, 0.15) is 25.7 Å². The van der Waals surface area contributed by atoms with Crippen molar-refractivity contribution in [1.29, 1.82) is 0 Å². The van der Waals surface area contributed by atoms with Crippen LogP contribution in [0.3, 0.4) is 0 Å². The van der Waals surface area contributed by atoms with Gasteiger partial charge in [0.05, 0.1) is 13.2 Å². The third-order valence-corrected chi connectivity index (χ3v) is 1.61. The average molecular weight is 179 g/mol. The molecule has 12 heavy (non-hydrogen) atoms. The summed E-state index contributed by atoms with van der Waals surface area (Å²) in [6, 6.07) is 0. The molecule has 0 heterocycles. The predicted molar refractivity (Wildman–Crippen MR) is 44.1 cm³/mol. The Morgan fingerprint density at radius 2 is 1.67 bits per heavy atom. The minimum Gasteiger partial charge on any atom is -0.633 e. The van der Waals surface area contributed by atoms with Crippen LogP contribution in [0.1, 0.15) is 6.92 Å². The first-order valence-corrected chi connectivity index (χ1v) is 4.01. The first kappa shape index (κ1) is 11.8. The van der Waals surface area contributed by atoms with Gasteiger partial charge < -0.3 is 25.2 Å². The van der Waals surface area contributed by atoms with Gasteiger partial charge >= 0.3 is 0 Å². The third-order valence-electron chi connectivity index (χ3n) is 1.61. The van der Waals surface area contributed by atoms with Gasteiger partial charge in [-0.15, -0.1) is 0 Å². The van der Waals surface area contributed by atoms with Crippen molar-refractivity contribution >= 4 is 0 Å². The highest BCUT2D eigenvalue weighted by atomic mass is 16.6. The molecular formula is C7H17NO4. The normalized spacial score (nSPS) is 14.8. The quantitative estimate of drug-likeness (QED) is 0.348. The van der Waals surface area contributed by atoms with E-state index in [2.05, 4.69) is 0 Å². The van der Waals surface area contributed by atoms with E-state index in [1.807, 2.05) is 0 Å². The SMILES string of the molecule is CC(O)C[N+]([O-])(CCO)CCO. The standard InChI is InChI=1S/C7H17NO4/c1-7(11)6-8(12,2-4-9)3-5-10/h7,9-11H,2-6H2,1H3. The number of quaternary nitrogens is 1. The van der Waals surface area contributed by atoms with Gasteiger partial charge in [0.25, 0.3) is 0 Å². The molecule has 5 heteroatoms. The number of aliphatic hydroxyl groups is 3. The molecule has 0 aliphatic rings. The van der Waals surface area contributed by atoms with Gasteiger partial charge in [-0.3, -0.25) is 0 Å². The number of aliphatic hydroxyl groups excluding tert-OH is 3. The lowest BCUT2D eigenvalue weighted by Gasteiger charge is -2.42. The minimum absolute atomic E-state index is 0.0150. The Bertz CT molecular complexity index is 112. The van der Waals surface area contributed by atoms with Crippen molar-refractivity contribution in [1.82, 2.24) is 0 Å². The summed E-state index contributed by atoms with van der Waals surface area (Å²) in [6.07, 6.45) is -0.708. The molecule has 0 aliphatic heterocycles. The lowest BCUT2D eigenvalue weighted by atomic mass is 10.3. The summed E-state index contributed by atoms with van der Waals surface area (Å²) in [5.41, 5.74) is 0. The zero-order valence-electron chi connectivity index (χ0n) is 7.31. The molecule has 0 rings (SSSR count). The zero-order valence-corrected chi connectivity index (χ0v) is 7.31. The highest BCUT2D eigenvalue weighted by molar-refractivity contribution is 4.49. The van der Waals surface area contributed by atoms with Gasteiger partial charge in [-0.1, -0.05) is 0 Å². The van der Waals surface area contributed by atoms with E-state index in [-0.39, 0.29) is 32.8 Å². The summed E-state index contributed by atoms with van der Waals surface area (Å²) < 4.78 is -0.731. The number of hydrogen-bond acceptors (Lipinski definition) is 4. The third kappa shape index (κ3) is 4.63. The Balaban J connectivity index is 3.98. The number of hydrogen-bond donors (Lipinski definition) is 3. The first-order chi connectivity index (χ1) is 5.54. The number of rotatable bonds is 6. The van der Waals surface area contributed by atoms with Crippen LogP contribution in [-0.2, 0) is 0 Å². The predicted octanol–water partition coefficient (Wildman–Crippen LogP) is -1.33. The van der Waals surface area contributed by atoms with Crippen molar-refractivity contribution in [3.63, 3.8) is 0 Å². The highest BCUT2D eigenvalue weighted by Crippen LogP contribution is 2.04. The molecule has 0 bridgehead atoms. The van der Waals surface area contributed by atoms with Crippen molar-refractivity contribution in [2.45, 2.75) is 13.0 Å². The van der Waals surface area contributed by atoms with Crippen LogP contribution in [0, 0.1) is 5.21 Å². The van der Waals surface area contributed by atoms with Gasteiger partial charge in [-0.2, -0.15) is 0 Å². The molecule has 0 aromatic heterocycles. The van der Waals surface area contributed by atoms with E-state index >= 15 is 0 Å². The summed E-state index contributed by atoms with van der Waals surface area (Å²) in [7, 11) is 0. The van der Waals surface area contributed by atoms with Crippen molar-refractivity contribution < 1.29 is 20.0 Å². The molecular weight excluding hydrogens is 162 g/mol. The Morgan fingerprint density at radius 1 is 1.25 bits per heavy atom. The molecule has 0 radical (unpaired) electrons. The van der Waals surface area contributed by atoms with E-state index in [4.69, 9.17) is 15.3 Å². The van der Waals surface area contributed by atoms with Gasteiger partial charge in [-0.05, 0) is 6.92 Å². The second-order valence-corrected chi connectivity index (χ2v) is 2.98. The fourth-order valence-corrected chi connectivity index (χ4v) is 1.14. The van der Waals surface area contributed by atoms with Crippen LogP contribution in [0.25, 0.3) is 0 Å². The smallest absolute Gasteiger partial charge is 0.105 e. The molecule has 0 aromatic rings. The van der Waals surface area contributed by atoms with E-state index in [9.17, 15) is 5.21 Å². The Labute approximate surface area is 72.0 Å². The summed E-state index contributed by atoms with van der Waals surface area (Å²) in [5, 5.41) is 37.7. The van der Waals surface area contributed by atoms with Crippen molar-refractivity contribution in [3.05, 3.63) is 5.21 Å². The maximum atomic E-state index is 11.6. The van der Waals surface area contributed by atoms with Crippen molar-refractivity contribution in [3.8, 4) is 0 Å². The van der Waals surface area contributed by atoms with Gasteiger partial charge in [0.2, 0.25) is 0 Å². The first-order valence-electron chi connectivity index (χ1n) is 4.01. The van der Waals surface area contributed by atoms with E-state index in [1.54, 1.807) is 0 Å². The van der Waals surface area contributed by atoms with Crippen molar-refractivity contribution in [2.24, 2.45) is 0 Å². The summed E-state index contributed by atoms with van der Waals surface area (Å²) >= 11 is 0. The lowest BCUT2D eigenvalue weighted by Crippen LogP contribution is -2.50. The fourth-order valence-electron chi connectivity index (χ4n) is 1.14. The second-order valence-electron chi connectivity index (χ2n) is 2.98. The molecule has 0 fully saturated rings. The molecule has 5 nitrogen and oxygen atoms in total. The number of hydroxylamine groups is 3. The van der Waals surface area contributed by atoms with Crippen LogP contribution in [0.2, 0.25) is 0 Å². The summed E-state index contributed by atoms with van der Waals surface area (Å²) in [4.78, 5) is 0. The minimum atomic E-state index is -0.731. The van der Waals surface area contributed by atoms with Crippen LogP contribution in [0.4, 0.5) is 0 Å². The van der Waals surface area contributed by atoms with E-state index in [0.29, 0.717) is 0 Å². The van der Waals surface area contributed by atoms with Gasteiger partial charge in [-0.25, -0.2) is 0 Å². The molecule has 3 N–H and O–H groups in total. The lowest BCUT2D eigenvalue weighted by molar-refractivity contribution is -0.884. The fraction of sp³-hybridized carbons (Fsp3) is 1.00. The van der Waals surface area contributed by atoms with Crippen LogP contribution in [0.15, 0.2) is 0 Å². The maximum Gasteiger partial charge on any atom is 0.105 e. The molecule has 0 saturated heterocycles. The van der Waals surface area contributed by atoms with E-state index in [0.717, 1.165) is 0 Å². The molecule has 0 saturated carbocycles. The molecule has 74 valence electrons. The number of nitrogens with zero attached hydrogens (tertiary/aromatic N) is 1. The van der Waals surface area contributed by atoms with Gasteiger partial charge in [0.15, 0.2) is 0 Å². The summed E-state index contributed by atoms with van der Waals surface area (Å²) in [6.45, 7) is 1.12. The van der Waals surface area contributed by atoms with Crippen LogP contribution >= 0.6 is 0 Å². The average Bonchev–Trinajstić information content (AvgIpc) is 1.85. The topological polar surface area (TPSA) is 83.8 Å². The summed E-state index contributed by atoms with van der Waals surface area (Å²) in [5.74, 6) is 0. The zero-order chi connectivity index (χ0) is 9.61. The molecule has 1 atom stereocenters.